The van der Waals surface area contributed by atoms with Crippen LogP contribution < -0.4 is 9.64 Å². The summed E-state index contributed by atoms with van der Waals surface area (Å²) in [5, 5.41) is 4.79. The molecule has 2 heteroatoms. The van der Waals surface area contributed by atoms with Crippen LogP contribution in [0, 0.1) is 0 Å². The molecule has 0 spiro atoms. The van der Waals surface area contributed by atoms with Crippen molar-refractivity contribution >= 4 is 38.6 Å². The van der Waals surface area contributed by atoms with Crippen LogP contribution in [-0.4, -0.2) is 0 Å². The van der Waals surface area contributed by atoms with Gasteiger partial charge in [-0.1, -0.05) is 164 Å². The quantitative estimate of drug-likeness (QED) is 0.161. The topological polar surface area (TPSA) is 12.5 Å². The minimum absolute atomic E-state index is 0.885. The maximum atomic E-state index is 6.39. The highest BCUT2D eigenvalue weighted by Crippen LogP contribution is 2.49. The third kappa shape index (κ3) is 6.00. The Hall–Kier alpha value is -7.68. The van der Waals surface area contributed by atoms with E-state index in [0.29, 0.717) is 0 Å². The Bertz CT molecular complexity index is 3110. The average molecular weight is 740 g/mol. The molecular formula is C56H37NO. The first-order chi connectivity index (χ1) is 28.7. The Morgan fingerprint density at radius 3 is 1.50 bits per heavy atom. The van der Waals surface area contributed by atoms with Crippen LogP contribution in [0.5, 0.6) is 11.5 Å². The minimum Gasteiger partial charge on any atom is -0.456 e. The van der Waals surface area contributed by atoms with Gasteiger partial charge in [0.1, 0.15) is 11.5 Å². The van der Waals surface area contributed by atoms with Gasteiger partial charge in [0.2, 0.25) is 0 Å². The second-order valence-corrected chi connectivity index (χ2v) is 14.9. The molecule has 11 rings (SSSR count). The molecule has 0 unspecified atom stereocenters. The molecule has 2 nitrogen and oxygen atoms in total. The zero-order valence-corrected chi connectivity index (χ0v) is 31.7. The van der Waals surface area contributed by atoms with Crippen LogP contribution in [0.1, 0.15) is 0 Å². The third-order valence-electron chi connectivity index (χ3n) is 11.5. The predicted octanol–water partition coefficient (Wildman–Crippen LogP) is 15.9. The van der Waals surface area contributed by atoms with Crippen molar-refractivity contribution in [2.75, 3.05) is 4.90 Å². The largest absolute Gasteiger partial charge is 0.456 e. The molecule has 1 heterocycles. The SMILES string of the molecule is c1ccc(-c2ccc(-c3ccc(N(c4ccc(-c5ccc6ccccc6c5)cc4)c4ccccc4-c4cc5c6c(cccc6c4)Oc4ccccc4-5)cc3)cc2)cc1. The summed E-state index contributed by atoms with van der Waals surface area (Å²) in [7, 11) is 0. The van der Waals surface area contributed by atoms with Crippen LogP contribution in [0.3, 0.4) is 0 Å². The van der Waals surface area contributed by atoms with Gasteiger partial charge in [-0.3, -0.25) is 0 Å². The summed E-state index contributed by atoms with van der Waals surface area (Å²) in [5.74, 6) is 1.78. The van der Waals surface area contributed by atoms with E-state index in [1.165, 1.54) is 49.7 Å². The lowest BCUT2D eigenvalue weighted by molar-refractivity contribution is 0.487. The first-order valence-corrected chi connectivity index (χ1v) is 19.8. The van der Waals surface area contributed by atoms with E-state index in [1.54, 1.807) is 0 Å². The zero-order chi connectivity index (χ0) is 38.4. The number of ether oxygens (including phenoxy) is 1. The Morgan fingerprint density at radius 1 is 0.276 bits per heavy atom. The van der Waals surface area contributed by atoms with Crippen LogP contribution in [0.4, 0.5) is 17.1 Å². The second kappa shape index (κ2) is 14.1. The maximum Gasteiger partial charge on any atom is 0.135 e. The van der Waals surface area contributed by atoms with E-state index in [-0.39, 0.29) is 0 Å². The second-order valence-electron chi connectivity index (χ2n) is 14.9. The van der Waals surface area contributed by atoms with Crippen molar-refractivity contribution in [1.82, 2.24) is 0 Å². The van der Waals surface area contributed by atoms with E-state index < -0.39 is 0 Å². The molecular weight excluding hydrogens is 703 g/mol. The van der Waals surface area contributed by atoms with E-state index in [1.807, 2.05) is 6.07 Å². The molecule has 1 aliphatic rings. The molecule has 0 aromatic heterocycles. The first kappa shape index (κ1) is 33.6. The van der Waals surface area contributed by atoms with Crippen molar-refractivity contribution in [3.05, 3.63) is 224 Å². The molecule has 1 aliphatic heterocycles. The lowest BCUT2D eigenvalue weighted by Crippen LogP contribution is -2.11. The molecule has 0 aliphatic carbocycles. The molecule has 10 aromatic rings. The summed E-state index contributed by atoms with van der Waals surface area (Å²) < 4.78 is 6.39. The normalized spacial score (nSPS) is 11.6. The molecule has 0 N–H and O–H groups in total. The highest BCUT2D eigenvalue weighted by atomic mass is 16.5. The van der Waals surface area contributed by atoms with Gasteiger partial charge in [0.25, 0.3) is 0 Å². The third-order valence-corrected chi connectivity index (χ3v) is 11.5. The van der Waals surface area contributed by atoms with E-state index in [9.17, 15) is 0 Å². The summed E-state index contributed by atoms with van der Waals surface area (Å²) in [5.41, 5.74) is 15.0. The smallest absolute Gasteiger partial charge is 0.135 e. The number of anilines is 3. The number of benzene rings is 10. The van der Waals surface area contributed by atoms with Crippen molar-refractivity contribution in [1.29, 1.82) is 0 Å². The lowest BCUT2D eigenvalue weighted by Gasteiger charge is -2.29. The molecule has 272 valence electrons. The van der Waals surface area contributed by atoms with Gasteiger partial charge in [-0.05, 0) is 121 Å². The molecule has 58 heavy (non-hydrogen) atoms. The van der Waals surface area contributed by atoms with Gasteiger partial charge in [-0.2, -0.15) is 0 Å². The number of hydrogen-bond donors (Lipinski definition) is 0. The van der Waals surface area contributed by atoms with Gasteiger partial charge in [0.15, 0.2) is 0 Å². The molecule has 0 saturated carbocycles. The van der Waals surface area contributed by atoms with Gasteiger partial charge in [0.05, 0.1) is 5.69 Å². The van der Waals surface area contributed by atoms with Crippen molar-refractivity contribution in [2.24, 2.45) is 0 Å². The Morgan fingerprint density at radius 2 is 0.776 bits per heavy atom. The molecule has 0 bridgehead atoms. The van der Waals surface area contributed by atoms with Gasteiger partial charge < -0.3 is 9.64 Å². The molecule has 10 aromatic carbocycles. The molecule has 0 amide bonds. The lowest BCUT2D eigenvalue weighted by atomic mass is 9.90. The Balaban J connectivity index is 1.03. The van der Waals surface area contributed by atoms with Gasteiger partial charge in [-0.15, -0.1) is 0 Å². The molecule has 0 fully saturated rings. The van der Waals surface area contributed by atoms with E-state index in [0.717, 1.165) is 56.0 Å². The average Bonchev–Trinajstić information content (AvgIpc) is 3.30. The highest BCUT2D eigenvalue weighted by Gasteiger charge is 2.23. The summed E-state index contributed by atoms with van der Waals surface area (Å²) in [6.45, 7) is 0. The fourth-order valence-corrected chi connectivity index (χ4v) is 8.54. The van der Waals surface area contributed by atoms with E-state index >= 15 is 0 Å². The van der Waals surface area contributed by atoms with Crippen LogP contribution in [0.25, 0.3) is 77.2 Å². The highest BCUT2D eigenvalue weighted by molar-refractivity contribution is 6.07. The van der Waals surface area contributed by atoms with Crippen molar-refractivity contribution in [2.45, 2.75) is 0 Å². The summed E-state index contributed by atoms with van der Waals surface area (Å²) in [4.78, 5) is 2.39. The van der Waals surface area contributed by atoms with Crippen molar-refractivity contribution in [3.8, 4) is 67.1 Å². The molecule has 0 atom stereocenters. The van der Waals surface area contributed by atoms with E-state index in [4.69, 9.17) is 4.74 Å². The van der Waals surface area contributed by atoms with Gasteiger partial charge in [0, 0.05) is 27.9 Å². The molecule has 0 saturated heterocycles. The number of hydrogen-bond acceptors (Lipinski definition) is 2. The van der Waals surface area contributed by atoms with Crippen LogP contribution in [-0.2, 0) is 0 Å². The number of rotatable bonds is 7. The van der Waals surface area contributed by atoms with Gasteiger partial charge in [-0.25, -0.2) is 0 Å². The molecule has 0 radical (unpaired) electrons. The van der Waals surface area contributed by atoms with E-state index in [2.05, 4.69) is 223 Å². The predicted molar refractivity (Wildman–Crippen MR) is 243 cm³/mol. The van der Waals surface area contributed by atoms with Crippen LogP contribution in [0.2, 0.25) is 0 Å². The van der Waals surface area contributed by atoms with Crippen molar-refractivity contribution in [3.63, 3.8) is 0 Å². The number of para-hydroxylation sites is 2. The fourth-order valence-electron chi connectivity index (χ4n) is 8.54. The van der Waals surface area contributed by atoms with Crippen LogP contribution >= 0.6 is 0 Å². The number of nitrogens with zero attached hydrogens (tertiary/aromatic N) is 1. The zero-order valence-electron chi connectivity index (χ0n) is 31.7. The number of fused-ring (bicyclic) bond motifs is 3. The minimum atomic E-state index is 0.885. The summed E-state index contributed by atoms with van der Waals surface area (Å²) >= 11 is 0. The summed E-state index contributed by atoms with van der Waals surface area (Å²) in [6, 6.07) is 80.8. The monoisotopic (exact) mass is 739 g/mol. The Kier molecular flexibility index (Phi) is 8.19. The summed E-state index contributed by atoms with van der Waals surface area (Å²) in [6.07, 6.45) is 0. The van der Waals surface area contributed by atoms with Gasteiger partial charge >= 0.3 is 0 Å². The Labute approximate surface area is 338 Å². The maximum absolute atomic E-state index is 6.39. The van der Waals surface area contributed by atoms with Crippen LogP contribution in [0.15, 0.2) is 224 Å². The fraction of sp³-hybridized carbons (Fsp3) is 0. The first-order valence-electron chi connectivity index (χ1n) is 19.8. The van der Waals surface area contributed by atoms with Crippen molar-refractivity contribution < 1.29 is 4.74 Å². The standard InChI is InChI=1S/C56H37NO/c1-2-11-38(12-3-1)40-21-23-41(24-22-40)42-27-31-48(32-28-42)57(49-33-29-43(30-34-49)45-26-25-39-13-4-5-14-44(39)35-45)53-18-8-6-16-50(53)47-36-46-15-10-20-55-56(46)52(37-47)51-17-7-9-19-54(51)58-55/h1-37H.